The zero-order valence-electron chi connectivity index (χ0n) is 13.3. The van der Waals surface area contributed by atoms with Gasteiger partial charge in [0.15, 0.2) is 5.96 Å². The fourth-order valence-electron chi connectivity index (χ4n) is 2.69. The molecule has 1 aliphatic rings. The van der Waals surface area contributed by atoms with Gasteiger partial charge < -0.3 is 15.0 Å². The number of methoxy groups -OCH3 is 1. The first kappa shape index (κ1) is 16.3. The maximum atomic E-state index is 11.5. The van der Waals surface area contributed by atoms with Gasteiger partial charge in [-0.15, -0.1) is 0 Å². The minimum atomic E-state index is -0.0980. The molecule has 1 fully saturated rings. The topological polar surface area (TPSA) is 66.8 Å². The van der Waals surface area contributed by atoms with E-state index in [9.17, 15) is 4.79 Å². The first-order chi connectivity index (χ1) is 10.7. The molecule has 0 unspecified atom stereocenters. The predicted molar refractivity (Wildman–Crippen MR) is 85.6 cm³/mol. The molecule has 0 aromatic carbocycles. The van der Waals surface area contributed by atoms with E-state index in [2.05, 4.69) is 26.3 Å². The summed E-state index contributed by atoms with van der Waals surface area (Å²) in [6.45, 7) is 2.47. The van der Waals surface area contributed by atoms with Crippen molar-refractivity contribution < 1.29 is 9.53 Å². The largest absolute Gasteiger partial charge is 0.469 e. The van der Waals surface area contributed by atoms with Gasteiger partial charge in [0.05, 0.1) is 13.0 Å². The quantitative estimate of drug-likeness (QED) is 0.512. The van der Waals surface area contributed by atoms with Gasteiger partial charge in [-0.25, -0.2) is 0 Å². The molecular weight excluding hydrogens is 280 g/mol. The number of ether oxygens (including phenoxy) is 1. The highest BCUT2D eigenvalue weighted by Gasteiger charge is 2.26. The molecule has 6 nitrogen and oxygen atoms in total. The summed E-state index contributed by atoms with van der Waals surface area (Å²) in [7, 11) is 3.24. The van der Waals surface area contributed by atoms with Crippen LogP contribution in [-0.4, -0.2) is 55.6 Å². The van der Waals surface area contributed by atoms with Gasteiger partial charge in [-0.3, -0.25) is 14.8 Å². The van der Waals surface area contributed by atoms with Gasteiger partial charge in [-0.1, -0.05) is 6.07 Å². The van der Waals surface area contributed by atoms with E-state index in [1.807, 2.05) is 12.3 Å². The molecule has 2 heterocycles. The van der Waals surface area contributed by atoms with Crippen LogP contribution >= 0.6 is 0 Å². The lowest BCUT2D eigenvalue weighted by Crippen LogP contribution is -2.47. The van der Waals surface area contributed by atoms with Gasteiger partial charge >= 0.3 is 5.97 Å². The monoisotopic (exact) mass is 304 g/mol. The van der Waals surface area contributed by atoms with Crippen molar-refractivity contribution in [2.75, 3.05) is 33.8 Å². The van der Waals surface area contributed by atoms with Crippen LogP contribution in [0.1, 0.15) is 18.4 Å². The highest BCUT2D eigenvalue weighted by atomic mass is 16.5. The summed E-state index contributed by atoms with van der Waals surface area (Å²) in [4.78, 5) is 22.2. The maximum absolute atomic E-state index is 11.5. The Labute approximate surface area is 131 Å². The molecule has 2 rings (SSSR count). The van der Waals surface area contributed by atoms with Crippen LogP contribution in [-0.2, 0) is 16.0 Å². The minimum absolute atomic E-state index is 0.0229. The van der Waals surface area contributed by atoms with Crippen molar-refractivity contribution in [2.24, 2.45) is 10.9 Å². The highest BCUT2D eigenvalue weighted by molar-refractivity contribution is 5.80. The Bertz CT molecular complexity index is 496. The second-order valence-electron chi connectivity index (χ2n) is 5.37. The second kappa shape index (κ2) is 8.36. The van der Waals surface area contributed by atoms with Gasteiger partial charge in [-0.2, -0.15) is 0 Å². The van der Waals surface area contributed by atoms with Gasteiger partial charge in [0.25, 0.3) is 0 Å². The molecule has 6 heteroatoms. The van der Waals surface area contributed by atoms with Crippen molar-refractivity contribution in [2.45, 2.75) is 19.3 Å². The highest BCUT2D eigenvalue weighted by Crippen LogP contribution is 2.18. The fraction of sp³-hybridized carbons (Fsp3) is 0.562. The standard InChI is InChI=1S/C16H24N4O2/c1-17-16(19-9-5-13-4-3-8-18-12-13)20-10-6-14(7-11-20)15(21)22-2/h3-4,8,12,14H,5-7,9-11H2,1-2H3,(H,17,19). The first-order valence-corrected chi connectivity index (χ1v) is 7.67. The van der Waals surface area contributed by atoms with Crippen LogP contribution in [0.15, 0.2) is 29.5 Å². The van der Waals surface area contributed by atoms with Crippen LogP contribution in [0, 0.1) is 5.92 Å². The fourth-order valence-corrected chi connectivity index (χ4v) is 2.69. The third-order valence-corrected chi connectivity index (χ3v) is 3.96. The molecule has 1 aliphatic heterocycles. The number of hydrogen-bond acceptors (Lipinski definition) is 4. The minimum Gasteiger partial charge on any atom is -0.469 e. The van der Waals surface area contributed by atoms with Gasteiger partial charge in [0.2, 0.25) is 0 Å². The molecular formula is C16H24N4O2. The maximum Gasteiger partial charge on any atom is 0.308 e. The van der Waals surface area contributed by atoms with Crippen molar-refractivity contribution >= 4 is 11.9 Å². The molecule has 1 N–H and O–H groups in total. The average Bonchev–Trinajstić information content (AvgIpc) is 2.59. The molecule has 0 aliphatic carbocycles. The molecule has 1 aromatic rings. The molecule has 22 heavy (non-hydrogen) atoms. The number of likely N-dealkylation sites (tertiary alicyclic amines) is 1. The van der Waals surface area contributed by atoms with Crippen molar-refractivity contribution in [3.05, 3.63) is 30.1 Å². The number of aromatic nitrogens is 1. The summed E-state index contributed by atoms with van der Waals surface area (Å²) in [5.41, 5.74) is 1.20. The van der Waals surface area contributed by atoms with E-state index < -0.39 is 0 Å². The van der Waals surface area contributed by atoms with Crippen LogP contribution in [0.5, 0.6) is 0 Å². The lowest BCUT2D eigenvalue weighted by atomic mass is 9.97. The smallest absolute Gasteiger partial charge is 0.308 e. The first-order valence-electron chi connectivity index (χ1n) is 7.67. The molecule has 0 bridgehead atoms. The van der Waals surface area contributed by atoms with E-state index >= 15 is 0 Å². The molecule has 0 radical (unpaired) electrons. The Morgan fingerprint density at radius 2 is 2.27 bits per heavy atom. The predicted octanol–water partition coefficient (Wildman–Crippen LogP) is 1.08. The van der Waals surface area contributed by atoms with E-state index in [1.165, 1.54) is 12.7 Å². The number of carbonyl (C=O) groups excluding carboxylic acids is 1. The molecule has 1 saturated heterocycles. The number of pyridine rings is 1. The van der Waals surface area contributed by atoms with E-state index in [0.29, 0.717) is 0 Å². The number of rotatable bonds is 4. The summed E-state index contributed by atoms with van der Waals surface area (Å²) in [6.07, 6.45) is 6.20. The third kappa shape index (κ3) is 4.44. The van der Waals surface area contributed by atoms with Gasteiger partial charge in [-0.05, 0) is 30.9 Å². The number of aliphatic imine (C=N–C) groups is 1. The number of hydrogen-bond donors (Lipinski definition) is 1. The van der Waals surface area contributed by atoms with Crippen molar-refractivity contribution in [1.82, 2.24) is 15.2 Å². The SMILES string of the molecule is CN=C(NCCc1cccnc1)N1CCC(C(=O)OC)CC1. The Kier molecular flexibility index (Phi) is 6.18. The van der Waals surface area contributed by atoms with Gasteiger partial charge in [0.1, 0.15) is 0 Å². The lowest BCUT2D eigenvalue weighted by molar-refractivity contribution is -0.146. The van der Waals surface area contributed by atoms with Crippen molar-refractivity contribution in [3.8, 4) is 0 Å². The molecule has 0 spiro atoms. The molecule has 120 valence electrons. The third-order valence-electron chi connectivity index (χ3n) is 3.96. The normalized spacial score (nSPS) is 16.5. The Morgan fingerprint density at radius 1 is 1.50 bits per heavy atom. The van der Waals surface area contributed by atoms with E-state index in [1.54, 1.807) is 13.2 Å². The van der Waals surface area contributed by atoms with Crippen molar-refractivity contribution in [1.29, 1.82) is 0 Å². The van der Waals surface area contributed by atoms with E-state index in [0.717, 1.165) is 44.9 Å². The van der Waals surface area contributed by atoms with Crippen LogP contribution in [0.25, 0.3) is 0 Å². The second-order valence-corrected chi connectivity index (χ2v) is 5.37. The number of nitrogens with zero attached hydrogens (tertiary/aromatic N) is 3. The van der Waals surface area contributed by atoms with Crippen LogP contribution in [0.3, 0.4) is 0 Å². The Hall–Kier alpha value is -2.11. The molecule has 0 atom stereocenters. The van der Waals surface area contributed by atoms with Crippen LogP contribution in [0.2, 0.25) is 0 Å². The molecule has 0 amide bonds. The molecule has 1 aromatic heterocycles. The average molecular weight is 304 g/mol. The molecule has 0 saturated carbocycles. The summed E-state index contributed by atoms with van der Waals surface area (Å²) >= 11 is 0. The van der Waals surface area contributed by atoms with Crippen LogP contribution in [0.4, 0.5) is 0 Å². The summed E-state index contributed by atoms with van der Waals surface area (Å²) < 4.78 is 4.82. The lowest BCUT2D eigenvalue weighted by Gasteiger charge is -2.33. The van der Waals surface area contributed by atoms with E-state index in [4.69, 9.17) is 4.74 Å². The summed E-state index contributed by atoms with van der Waals surface area (Å²) in [6, 6.07) is 4.01. The number of guanidine groups is 1. The Balaban J connectivity index is 1.77. The Morgan fingerprint density at radius 3 is 2.86 bits per heavy atom. The number of esters is 1. The van der Waals surface area contributed by atoms with Crippen LogP contribution < -0.4 is 5.32 Å². The van der Waals surface area contributed by atoms with E-state index in [-0.39, 0.29) is 11.9 Å². The number of piperidine rings is 1. The van der Waals surface area contributed by atoms with Gasteiger partial charge in [0, 0.05) is 39.1 Å². The number of nitrogens with one attached hydrogen (secondary N) is 1. The number of carbonyl (C=O) groups is 1. The summed E-state index contributed by atoms with van der Waals surface area (Å²) in [5, 5.41) is 3.38. The van der Waals surface area contributed by atoms with Crippen molar-refractivity contribution in [3.63, 3.8) is 0 Å². The zero-order valence-corrected chi connectivity index (χ0v) is 13.3. The zero-order chi connectivity index (χ0) is 15.8. The summed E-state index contributed by atoms with van der Waals surface area (Å²) in [5.74, 6) is 0.820.